The summed E-state index contributed by atoms with van der Waals surface area (Å²) in [5.74, 6) is -1.21. The molecule has 0 aliphatic heterocycles. The standard InChI is InChI=1S/C10H14N2O3/c1-5-2-3-6(10(14)15)8(9(5)13)7(12)4-11/h2-3,7,13H,4,11-12H2,1H3,(H,14,15)/t7-/m1/s1. The van der Waals surface area contributed by atoms with E-state index in [9.17, 15) is 9.90 Å². The van der Waals surface area contributed by atoms with E-state index in [0.717, 1.165) is 0 Å². The maximum Gasteiger partial charge on any atom is 0.336 e. The molecule has 1 rings (SSSR count). The summed E-state index contributed by atoms with van der Waals surface area (Å²) >= 11 is 0. The highest BCUT2D eigenvalue weighted by atomic mass is 16.4. The van der Waals surface area contributed by atoms with Crippen LogP contribution in [0, 0.1) is 6.92 Å². The summed E-state index contributed by atoms with van der Waals surface area (Å²) in [5.41, 5.74) is 11.8. The van der Waals surface area contributed by atoms with Crippen molar-refractivity contribution in [2.75, 3.05) is 6.54 Å². The number of carboxylic acids is 1. The van der Waals surface area contributed by atoms with Gasteiger partial charge in [-0.1, -0.05) is 6.07 Å². The van der Waals surface area contributed by atoms with Gasteiger partial charge in [0.2, 0.25) is 0 Å². The first-order chi connectivity index (χ1) is 6.99. The molecule has 0 unspecified atom stereocenters. The lowest BCUT2D eigenvalue weighted by Crippen LogP contribution is -2.23. The van der Waals surface area contributed by atoms with Gasteiger partial charge in [-0.2, -0.15) is 0 Å². The molecular formula is C10H14N2O3. The van der Waals surface area contributed by atoms with Gasteiger partial charge in [0, 0.05) is 18.2 Å². The Morgan fingerprint density at radius 2 is 2.13 bits per heavy atom. The topological polar surface area (TPSA) is 110 Å². The summed E-state index contributed by atoms with van der Waals surface area (Å²) in [6, 6.07) is 2.28. The lowest BCUT2D eigenvalue weighted by Gasteiger charge is -2.15. The molecule has 0 heterocycles. The minimum absolute atomic E-state index is 0.00366. The van der Waals surface area contributed by atoms with Gasteiger partial charge >= 0.3 is 5.97 Å². The van der Waals surface area contributed by atoms with Crippen molar-refractivity contribution in [3.63, 3.8) is 0 Å². The summed E-state index contributed by atoms with van der Waals surface area (Å²) < 4.78 is 0. The molecule has 1 atom stereocenters. The second-order valence-electron chi connectivity index (χ2n) is 3.34. The fourth-order valence-electron chi connectivity index (χ4n) is 1.40. The number of hydrogen-bond donors (Lipinski definition) is 4. The number of carboxylic acid groups (broad SMARTS) is 1. The van der Waals surface area contributed by atoms with Gasteiger partial charge in [-0.15, -0.1) is 0 Å². The Balaban J connectivity index is 3.41. The highest BCUT2D eigenvalue weighted by Crippen LogP contribution is 2.29. The smallest absolute Gasteiger partial charge is 0.336 e. The third-order valence-corrected chi connectivity index (χ3v) is 2.27. The lowest BCUT2D eigenvalue weighted by molar-refractivity contribution is 0.0694. The molecule has 1 aromatic carbocycles. The Labute approximate surface area is 87.3 Å². The first-order valence-corrected chi connectivity index (χ1v) is 4.50. The zero-order chi connectivity index (χ0) is 11.6. The van der Waals surface area contributed by atoms with E-state index in [4.69, 9.17) is 16.6 Å². The van der Waals surface area contributed by atoms with Crippen LogP contribution in [0.2, 0.25) is 0 Å². The molecule has 0 amide bonds. The van der Waals surface area contributed by atoms with Gasteiger partial charge in [-0.05, 0) is 18.6 Å². The van der Waals surface area contributed by atoms with Gasteiger partial charge in [0.1, 0.15) is 5.75 Å². The van der Waals surface area contributed by atoms with E-state index in [2.05, 4.69) is 0 Å². The molecule has 0 radical (unpaired) electrons. The first-order valence-electron chi connectivity index (χ1n) is 4.50. The average molecular weight is 210 g/mol. The number of hydrogen-bond acceptors (Lipinski definition) is 4. The van der Waals surface area contributed by atoms with Crippen molar-refractivity contribution in [2.24, 2.45) is 11.5 Å². The Morgan fingerprint density at radius 3 is 2.60 bits per heavy atom. The van der Waals surface area contributed by atoms with Crippen LogP contribution < -0.4 is 11.5 Å². The second kappa shape index (κ2) is 4.29. The SMILES string of the molecule is Cc1ccc(C(=O)O)c([C@H](N)CN)c1O. The largest absolute Gasteiger partial charge is 0.507 e. The maximum atomic E-state index is 10.9. The molecule has 0 aliphatic rings. The Morgan fingerprint density at radius 1 is 1.53 bits per heavy atom. The van der Waals surface area contributed by atoms with Crippen molar-refractivity contribution in [3.05, 3.63) is 28.8 Å². The van der Waals surface area contributed by atoms with E-state index in [0.29, 0.717) is 5.56 Å². The summed E-state index contributed by atoms with van der Waals surface area (Å²) in [7, 11) is 0. The van der Waals surface area contributed by atoms with E-state index in [1.54, 1.807) is 6.92 Å². The predicted molar refractivity (Wildman–Crippen MR) is 55.8 cm³/mol. The quantitative estimate of drug-likeness (QED) is 0.575. The molecule has 6 N–H and O–H groups in total. The predicted octanol–water partition coefficient (Wildman–Crippen LogP) is 0.357. The maximum absolute atomic E-state index is 10.9. The minimum atomic E-state index is -1.12. The van der Waals surface area contributed by atoms with E-state index in [-0.39, 0.29) is 23.4 Å². The number of aromatic carboxylic acids is 1. The first kappa shape index (κ1) is 11.5. The number of aryl methyl sites for hydroxylation is 1. The van der Waals surface area contributed by atoms with Crippen LogP contribution in [-0.4, -0.2) is 22.7 Å². The Kier molecular flexibility index (Phi) is 3.28. The highest BCUT2D eigenvalue weighted by Gasteiger charge is 2.20. The molecule has 0 saturated heterocycles. The van der Waals surface area contributed by atoms with Crippen LogP contribution in [0.3, 0.4) is 0 Å². The van der Waals surface area contributed by atoms with Crippen molar-refractivity contribution in [2.45, 2.75) is 13.0 Å². The molecule has 0 aromatic heterocycles. The molecule has 0 aliphatic carbocycles. The van der Waals surface area contributed by atoms with E-state index in [1.165, 1.54) is 12.1 Å². The molecule has 15 heavy (non-hydrogen) atoms. The molecule has 82 valence electrons. The average Bonchev–Trinajstić information content (AvgIpc) is 2.20. The van der Waals surface area contributed by atoms with E-state index >= 15 is 0 Å². The third-order valence-electron chi connectivity index (χ3n) is 2.27. The van der Waals surface area contributed by atoms with Crippen LogP contribution in [0.1, 0.15) is 27.5 Å². The van der Waals surface area contributed by atoms with Crippen LogP contribution in [0.5, 0.6) is 5.75 Å². The fraction of sp³-hybridized carbons (Fsp3) is 0.300. The van der Waals surface area contributed by atoms with Crippen molar-refractivity contribution >= 4 is 5.97 Å². The molecule has 5 heteroatoms. The molecule has 0 bridgehead atoms. The van der Waals surface area contributed by atoms with Crippen molar-refractivity contribution in [1.29, 1.82) is 0 Å². The highest BCUT2D eigenvalue weighted by molar-refractivity contribution is 5.90. The monoisotopic (exact) mass is 210 g/mol. The molecule has 1 aromatic rings. The summed E-state index contributed by atoms with van der Waals surface area (Å²) in [6.07, 6.45) is 0. The fourth-order valence-corrected chi connectivity index (χ4v) is 1.40. The molecule has 0 fully saturated rings. The second-order valence-corrected chi connectivity index (χ2v) is 3.34. The van der Waals surface area contributed by atoms with Crippen LogP contribution in [0.15, 0.2) is 12.1 Å². The van der Waals surface area contributed by atoms with Crippen LogP contribution in [0.4, 0.5) is 0 Å². The summed E-state index contributed by atoms with van der Waals surface area (Å²) in [5, 5.41) is 18.6. The zero-order valence-corrected chi connectivity index (χ0v) is 8.40. The lowest BCUT2D eigenvalue weighted by atomic mass is 9.97. The number of phenols is 1. The zero-order valence-electron chi connectivity index (χ0n) is 8.40. The number of benzene rings is 1. The minimum Gasteiger partial charge on any atom is -0.507 e. The van der Waals surface area contributed by atoms with Crippen LogP contribution >= 0.6 is 0 Å². The van der Waals surface area contributed by atoms with E-state index < -0.39 is 12.0 Å². The van der Waals surface area contributed by atoms with Gasteiger partial charge in [-0.25, -0.2) is 4.79 Å². The normalized spacial score (nSPS) is 12.5. The number of nitrogens with two attached hydrogens (primary N) is 2. The summed E-state index contributed by atoms with van der Waals surface area (Å²) in [4.78, 5) is 10.9. The third kappa shape index (κ3) is 2.08. The Bertz CT molecular complexity index is 390. The number of carbonyl (C=O) groups is 1. The number of rotatable bonds is 3. The molecular weight excluding hydrogens is 196 g/mol. The number of aromatic hydroxyl groups is 1. The van der Waals surface area contributed by atoms with Crippen molar-refractivity contribution in [3.8, 4) is 5.75 Å². The summed E-state index contributed by atoms with van der Waals surface area (Å²) in [6.45, 7) is 1.75. The van der Waals surface area contributed by atoms with Gasteiger partial charge in [0.05, 0.1) is 5.56 Å². The Hall–Kier alpha value is -1.59. The van der Waals surface area contributed by atoms with E-state index in [1.807, 2.05) is 0 Å². The van der Waals surface area contributed by atoms with Crippen LogP contribution in [0.25, 0.3) is 0 Å². The van der Waals surface area contributed by atoms with Gasteiger partial charge in [0.15, 0.2) is 0 Å². The van der Waals surface area contributed by atoms with Crippen molar-refractivity contribution < 1.29 is 15.0 Å². The molecule has 5 nitrogen and oxygen atoms in total. The number of phenolic OH excluding ortho intramolecular Hbond substituents is 1. The van der Waals surface area contributed by atoms with Crippen LogP contribution in [-0.2, 0) is 0 Å². The van der Waals surface area contributed by atoms with Gasteiger partial charge in [0.25, 0.3) is 0 Å². The van der Waals surface area contributed by atoms with Gasteiger partial charge < -0.3 is 21.7 Å². The molecule has 0 saturated carbocycles. The van der Waals surface area contributed by atoms with Crippen molar-refractivity contribution in [1.82, 2.24) is 0 Å². The molecule has 0 spiro atoms. The van der Waals surface area contributed by atoms with Gasteiger partial charge in [-0.3, -0.25) is 0 Å².